The van der Waals surface area contributed by atoms with Gasteiger partial charge in [0, 0.05) is 61.1 Å². The van der Waals surface area contributed by atoms with E-state index in [2.05, 4.69) is 77.9 Å². The zero-order chi connectivity index (χ0) is 39.1. The maximum absolute atomic E-state index is 12.0. The van der Waals surface area contributed by atoms with Gasteiger partial charge in [0.25, 0.3) is 0 Å². The van der Waals surface area contributed by atoms with E-state index in [1.54, 1.807) is 7.11 Å². The molecule has 12 heteroatoms. The van der Waals surface area contributed by atoms with E-state index < -0.39 is 45.5 Å². The first-order valence-electron chi connectivity index (χ1n) is 19.4. The fraction of sp³-hybridized carbons (Fsp3) is 0.732. The van der Waals surface area contributed by atoms with Crippen molar-refractivity contribution in [1.82, 2.24) is 0 Å². The Kier molecular flexibility index (Phi) is 18.6. The molecule has 0 aromatic heterocycles. The highest BCUT2D eigenvalue weighted by Crippen LogP contribution is 2.51. The maximum atomic E-state index is 12.0. The monoisotopic (exact) mass is 778 g/mol. The van der Waals surface area contributed by atoms with E-state index in [1.165, 1.54) is 5.57 Å². The van der Waals surface area contributed by atoms with Crippen molar-refractivity contribution in [2.24, 2.45) is 5.41 Å². The van der Waals surface area contributed by atoms with Gasteiger partial charge in [-0.3, -0.25) is 4.79 Å². The smallest absolute Gasteiger partial charge is 0.305 e. The number of carbonyl (C=O) groups is 1. The number of carboxylic acids is 1. The zero-order valence-electron chi connectivity index (χ0n) is 34.2. The summed E-state index contributed by atoms with van der Waals surface area (Å²) in [4.78, 5) is 12.0. The molecular formula is C41H70O10Si2. The first-order chi connectivity index (χ1) is 24.9. The number of hydrogen-bond donors (Lipinski definition) is 1. The lowest BCUT2D eigenvalue weighted by Crippen LogP contribution is -2.63. The van der Waals surface area contributed by atoms with E-state index in [4.69, 9.17) is 37.9 Å². The summed E-state index contributed by atoms with van der Waals surface area (Å²) in [6.07, 6.45) is 4.89. The molecule has 302 valence electrons. The molecule has 3 rings (SSSR count). The molecule has 10 nitrogen and oxygen atoms in total. The number of ether oxygens (including phenoxy) is 8. The fourth-order valence-corrected chi connectivity index (χ4v) is 8.36. The lowest BCUT2D eigenvalue weighted by Gasteiger charge is -2.56. The van der Waals surface area contributed by atoms with Crippen LogP contribution >= 0.6 is 0 Å². The first-order valence-corrected chi connectivity index (χ1v) is 26.8. The highest BCUT2D eigenvalue weighted by Gasteiger charge is 2.58. The first kappa shape index (κ1) is 45.7. The van der Waals surface area contributed by atoms with Crippen LogP contribution in [0.3, 0.4) is 0 Å². The molecule has 2 aliphatic rings. The third kappa shape index (κ3) is 16.1. The van der Waals surface area contributed by atoms with E-state index in [-0.39, 0.29) is 38.3 Å². The third-order valence-electron chi connectivity index (χ3n) is 10.3. The van der Waals surface area contributed by atoms with Crippen LogP contribution in [0.25, 0.3) is 0 Å². The average molecular weight is 779 g/mol. The summed E-state index contributed by atoms with van der Waals surface area (Å²) in [6.45, 7) is 24.7. The molecule has 0 radical (unpaired) electrons. The second kappa shape index (κ2) is 21.5. The largest absolute Gasteiger partial charge is 0.481 e. The normalized spacial score (nSPS) is 26.4. The average Bonchev–Trinajstić information content (AvgIpc) is 3.07. The maximum Gasteiger partial charge on any atom is 0.305 e. The molecule has 0 spiro atoms. The molecule has 1 N–H and O–H groups in total. The van der Waals surface area contributed by atoms with Crippen LogP contribution in [-0.4, -0.2) is 104 Å². The van der Waals surface area contributed by atoms with Crippen LogP contribution in [0.5, 0.6) is 0 Å². The Bertz CT molecular complexity index is 1260. The summed E-state index contributed by atoms with van der Waals surface area (Å²) in [5, 5.41) is 9.80. The van der Waals surface area contributed by atoms with E-state index in [1.807, 2.05) is 24.3 Å². The Labute approximate surface area is 321 Å². The number of benzene rings is 1. The van der Waals surface area contributed by atoms with Crippen LogP contribution in [0.15, 0.2) is 54.6 Å². The van der Waals surface area contributed by atoms with Gasteiger partial charge in [0.2, 0.25) is 0 Å². The Morgan fingerprint density at radius 1 is 0.981 bits per heavy atom. The van der Waals surface area contributed by atoms with Crippen LogP contribution in [0.2, 0.25) is 51.4 Å². The lowest BCUT2D eigenvalue weighted by molar-refractivity contribution is -0.363. The van der Waals surface area contributed by atoms with Crippen LogP contribution in [0, 0.1) is 5.41 Å². The minimum atomic E-state index is -1.27. The molecule has 0 aliphatic carbocycles. The Balaban J connectivity index is 1.79. The SMILES string of the molecule is C=C[C@H]1C/C(=C\COCOCC[Si](C)(C)C)C[C@@H](C[C@]2(OC)O[C@H](C[C@H](CC(=O)O)OCOCC[Si](C)(C)C)C[C@H](OCc3ccccc3)C2(C)C)O1. The molecule has 1 aromatic rings. The van der Waals surface area contributed by atoms with Crippen LogP contribution in [0.1, 0.15) is 57.9 Å². The number of methoxy groups -OCH3 is 1. The van der Waals surface area contributed by atoms with Crippen molar-refractivity contribution >= 4 is 22.1 Å². The van der Waals surface area contributed by atoms with Gasteiger partial charge >= 0.3 is 5.97 Å². The molecule has 1 aromatic carbocycles. The molecule has 2 fully saturated rings. The second-order valence-electron chi connectivity index (χ2n) is 17.6. The molecule has 2 saturated heterocycles. The van der Waals surface area contributed by atoms with E-state index in [9.17, 15) is 9.90 Å². The topological polar surface area (TPSA) is 111 Å². The van der Waals surface area contributed by atoms with Crippen molar-refractivity contribution in [3.63, 3.8) is 0 Å². The number of hydrogen-bond acceptors (Lipinski definition) is 9. The van der Waals surface area contributed by atoms with Gasteiger partial charge < -0.3 is 43.0 Å². The van der Waals surface area contributed by atoms with E-state index in [0.717, 1.165) is 30.7 Å². The molecule has 6 atom stereocenters. The molecular weight excluding hydrogens is 709 g/mol. The summed E-state index contributed by atoms with van der Waals surface area (Å²) in [7, 11) is -0.740. The molecule has 2 aliphatic heterocycles. The molecule has 0 amide bonds. The Hall–Kier alpha value is -1.72. The summed E-state index contributed by atoms with van der Waals surface area (Å²) < 4.78 is 50.1. The van der Waals surface area contributed by atoms with Crippen molar-refractivity contribution in [1.29, 1.82) is 0 Å². The van der Waals surface area contributed by atoms with E-state index in [0.29, 0.717) is 45.5 Å². The van der Waals surface area contributed by atoms with Crippen molar-refractivity contribution in [3.8, 4) is 0 Å². The van der Waals surface area contributed by atoms with Gasteiger partial charge in [-0.15, -0.1) is 6.58 Å². The number of aliphatic carboxylic acids is 1. The number of rotatable bonds is 24. The molecule has 0 saturated carbocycles. The van der Waals surface area contributed by atoms with Crippen molar-refractivity contribution < 1.29 is 47.8 Å². The minimum Gasteiger partial charge on any atom is -0.481 e. The van der Waals surface area contributed by atoms with Crippen LogP contribution < -0.4 is 0 Å². The van der Waals surface area contributed by atoms with Crippen molar-refractivity contribution in [2.45, 2.75) is 147 Å². The van der Waals surface area contributed by atoms with Gasteiger partial charge in [-0.2, -0.15) is 0 Å². The third-order valence-corrected chi connectivity index (χ3v) is 13.7. The predicted molar refractivity (Wildman–Crippen MR) is 214 cm³/mol. The Morgan fingerprint density at radius 3 is 2.25 bits per heavy atom. The zero-order valence-corrected chi connectivity index (χ0v) is 36.2. The summed E-state index contributed by atoms with van der Waals surface area (Å²) in [6, 6.07) is 12.2. The van der Waals surface area contributed by atoms with Gasteiger partial charge in [0.1, 0.15) is 13.6 Å². The second-order valence-corrected chi connectivity index (χ2v) is 28.9. The molecule has 0 unspecified atom stereocenters. The lowest BCUT2D eigenvalue weighted by atomic mass is 9.70. The fourth-order valence-electron chi connectivity index (χ4n) is 6.85. The van der Waals surface area contributed by atoms with Gasteiger partial charge in [0.15, 0.2) is 5.79 Å². The van der Waals surface area contributed by atoms with Gasteiger partial charge in [-0.05, 0) is 30.5 Å². The quantitative estimate of drug-likeness (QED) is 0.0474. The van der Waals surface area contributed by atoms with Gasteiger partial charge in [-0.25, -0.2) is 0 Å². The van der Waals surface area contributed by atoms with Gasteiger partial charge in [0.05, 0.1) is 50.2 Å². The van der Waals surface area contributed by atoms with Crippen molar-refractivity contribution in [3.05, 3.63) is 60.2 Å². The summed E-state index contributed by atoms with van der Waals surface area (Å²) in [5.41, 5.74) is 1.69. The minimum absolute atomic E-state index is 0.0340. The standard InChI is InChI=1S/C41H70O10Si2/c1-11-34-23-33(17-18-45-30-46-19-21-52(5,6)7)24-37(50-34)28-41(44-4)40(2,3)38(48-29-32-15-13-12-14-16-32)26-36(51-41)25-35(27-39(42)43)49-31-47-20-22-53(8,9)10/h11-17,34-38H,1,18-31H2,2-10H3,(H,42,43)/b33-17+/t34-,35+,36+,37-,38-,41-/m0/s1. The highest BCUT2D eigenvalue weighted by molar-refractivity contribution is 6.76. The summed E-state index contributed by atoms with van der Waals surface area (Å²) >= 11 is 0. The van der Waals surface area contributed by atoms with Crippen LogP contribution in [0.4, 0.5) is 0 Å². The summed E-state index contributed by atoms with van der Waals surface area (Å²) in [5.74, 6) is -2.05. The molecule has 0 bridgehead atoms. The molecule has 2 heterocycles. The highest BCUT2D eigenvalue weighted by atomic mass is 28.3. The predicted octanol–water partition coefficient (Wildman–Crippen LogP) is 8.67. The molecule has 53 heavy (non-hydrogen) atoms. The van der Waals surface area contributed by atoms with Crippen molar-refractivity contribution in [2.75, 3.05) is 40.5 Å². The van der Waals surface area contributed by atoms with E-state index >= 15 is 0 Å². The van der Waals surface area contributed by atoms with Crippen LogP contribution in [-0.2, 0) is 49.3 Å². The number of carboxylic acid groups (broad SMARTS) is 1. The van der Waals surface area contributed by atoms with Gasteiger partial charge in [-0.1, -0.05) is 101 Å². The Morgan fingerprint density at radius 2 is 1.64 bits per heavy atom.